The third-order valence-electron chi connectivity index (χ3n) is 2.60. The van der Waals surface area contributed by atoms with Crippen LogP contribution in [0, 0.1) is 5.82 Å². The van der Waals surface area contributed by atoms with Gasteiger partial charge in [-0.25, -0.2) is 4.39 Å². The van der Waals surface area contributed by atoms with Gasteiger partial charge in [-0.3, -0.25) is 0 Å². The minimum absolute atomic E-state index is 0.0412. The first-order chi connectivity index (χ1) is 9.58. The molecule has 0 heterocycles. The zero-order valence-electron chi connectivity index (χ0n) is 10.2. The van der Waals surface area contributed by atoms with Gasteiger partial charge in [-0.15, -0.1) is 0 Å². The fraction of sp³-hybridized carbons (Fsp3) is 0.143. The fourth-order valence-electron chi connectivity index (χ4n) is 1.69. The van der Waals surface area contributed by atoms with E-state index in [1.54, 1.807) is 36.4 Å². The molecule has 2 aromatic carbocycles. The van der Waals surface area contributed by atoms with Crippen LogP contribution in [0.2, 0.25) is 5.02 Å². The van der Waals surface area contributed by atoms with Crippen molar-refractivity contribution in [3.8, 4) is 0 Å². The molecule has 0 aliphatic heterocycles. The maximum absolute atomic E-state index is 13.7. The Morgan fingerprint density at radius 3 is 2.60 bits per heavy atom. The van der Waals surface area contributed by atoms with E-state index in [9.17, 15) is 13.2 Å². The van der Waals surface area contributed by atoms with Crippen LogP contribution in [0.25, 0.3) is 0 Å². The highest BCUT2D eigenvalue weighted by molar-refractivity contribution is 7.99. The van der Waals surface area contributed by atoms with E-state index in [0.29, 0.717) is 27.9 Å². The van der Waals surface area contributed by atoms with Crippen LogP contribution in [0.5, 0.6) is 0 Å². The Morgan fingerprint density at radius 1 is 1.10 bits per heavy atom. The highest BCUT2D eigenvalue weighted by Crippen LogP contribution is 2.32. The number of rotatable bonds is 5. The third-order valence-corrected chi connectivity index (χ3v) is 3.68. The second-order valence-electron chi connectivity index (χ2n) is 3.94. The van der Waals surface area contributed by atoms with Gasteiger partial charge in [-0.05, 0) is 18.2 Å². The van der Waals surface area contributed by atoms with Crippen LogP contribution >= 0.6 is 23.4 Å². The van der Waals surface area contributed by atoms with Gasteiger partial charge in [-0.2, -0.15) is 8.78 Å². The predicted octanol–water partition coefficient (Wildman–Crippen LogP) is 5.41. The molecule has 0 radical (unpaired) electrons. The average molecular weight is 318 g/mol. The van der Waals surface area contributed by atoms with E-state index in [4.69, 9.17) is 11.6 Å². The number of thioether (sulfide) groups is 1. The Labute approximate surface area is 124 Å². The van der Waals surface area contributed by atoms with Crippen LogP contribution in [0.3, 0.4) is 0 Å². The molecule has 0 amide bonds. The van der Waals surface area contributed by atoms with Crippen molar-refractivity contribution in [1.82, 2.24) is 0 Å². The summed E-state index contributed by atoms with van der Waals surface area (Å²) in [6, 6.07) is 11.4. The van der Waals surface area contributed by atoms with Crippen molar-refractivity contribution < 1.29 is 13.2 Å². The van der Waals surface area contributed by atoms with E-state index >= 15 is 0 Å². The first-order valence-corrected chi connectivity index (χ1v) is 7.04. The van der Waals surface area contributed by atoms with E-state index in [0.717, 1.165) is 0 Å². The molecule has 0 spiro atoms. The van der Waals surface area contributed by atoms with Crippen LogP contribution in [0.1, 0.15) is 5.56 Å². The summed E-state index contributed by atoms with van der Waals surface area (Å²) in [7, 11) is 0. The minimum atomic E-state index is -2.50. The van der Waals surface area contributed by atoms with Gasteiger partial charge in [-0.1, -0.05) is 47.6 Å². The average Bonchev–Trinajstić information content (AvgIpc) is 2.41. The van der Waals surface area contributed by atoms with E-state index in [-0.39, 0.29) is 11.6 Å². The Hall–Kier alpha value is -1.33. The Bertz CT molecular complexity index is 592. The van der Waals surface area contributed by atoms with E-state index in [1.807, 2.05) is 0 Å². The molecular weight excluding hydrogens is 307 g/mol. The molecule has 106 valence electrons. The predicted molar refractivity (Wildman–Crippen MR) is 77.0 cm³/mol. The molecule has 0 unspecified atom stereocenters. The molecule has 20 heavy (non-hydrogen) atoms. The van der Waals surface area contributed by atoms with Crippen LogP contribution in [-0.2, 0) is 6.54 Å². The molecule has 2 aromatic rings. The molecule has 2 rings (SSSR count). The number of halogens is 4. The first-order valence-electron chi connectivity index (χ1n) is 5.78. The van der Waals surface area contributed by atoms with Crippen LogP contribution < -0.4 is 5.32 Å². The van der Waals surface area contributed by atoms with Crippen LogP contribution in [0.4, 0.5) is 18.9 Å². The minimum Gasteiger partial charge on any atom is -0.380 e. The summed E-state index contributed by atoms with van der Waals surface area (Å²) in [5.74, 6) is -3.00. The molecular formula is C14H11ClF3NS. The van der Waals surface area contributed by atoms with Gasteiger partial charge in [0.25, 0.3) is 5.76 Å². The highest BCUT2D eigenvalue weighted by Gasteiger charge is 2.10. The second kappa shape index (κ2) is 6.90. The lowest BCUT2D eigenvalue weighted by Crippen LogP contribution is -2.03. The lowest BCUT2D eigenvalue weighted by molar-refractivity contribution is 0.252. The summed E-state index contributed by atoms with van der Waals surface area (Å²) in [5, 5.41) is 2.99. The maximum atomic E-state index is 13.7. The van der Waals surface area contributed by atoms with Crippen molar-refractivity contribution in [3.63, 3.8) is 0 Å². The van der Waals surface area contributed by atoms with Gasteiger partial charge in [0.15, 0.2) is 0 Å². The Balaban J connectivity index is 2.13. The Morgan fingerprint density at radius 2 is 1.85 bits per heavy atom. The van der Waals surface area contributed by atoms with Gasteiger partial charge in [0, 0.05) is 22.7 Å². The number of benzene rings is 2. The molecule has 0 aliphatic rings. The van der Waals surface area contributed by atoms with Gasteiger partial charge in [0.05, 0.1) is 5.02 Å². The second-order valence-corrected chi connectivity index (χ2v) is 5.38. The van der Waals surface area contributed by atoms with Gasteiger partial charge in [0.2, 0.25) is 0 Å². The van der Waals surface area contributed by atoms with Crippen molar-refractivity contribution >= 4 is 29.1 Å². The van der Waals surface area contributed by atoms with Crippen molar-refractivity contribution in [1.29, 1.82) is 0 Å². The lowest BCUT2D eigenvalue weighted by Gasteiger charge is -2.12. The number of hydrogen-bond acceptors (Lipinski definition) is 2. The smallest absolute Gasteiger partial charge is 0.288 e. The summed E-state index contributed by atoms with van der Waals surface area (Å²) >= 11 is 6.14. The molecule has 0 aliphatic carbocycles. The largest absolute Gasteiger partial charge is 0.380 e. The SMILES string of the molecule is Fc1c(Cl)cccc1CNc1ccccc1SC(F)F. The molecule has 0 atom stereocenters. The van der Waals surface area contributed by atoms with Crippen molar-refractivity contribution in [2.24, 2.45) is 0 Å². The Kier molecular flexibility index (Phi) is 5.20. The van der Waals surface area contributed by atoms with Crippen LogP contribution in [-0.4, -0.2) is 5.76 Å². The number of nitrogens with one attached hydrogen (secondary N) is 1. The number of alkyl halides is 2. The molecule has 0 saturated heterocycles. The van der Waals surface area contributed by atoms with Crippen molar-refractivity contribution in [2.45, 2.75) is 17.2 Å². The number of hydrogen-bond donors (Lipinski definition) is 1. The lowest BCUT2D eigenvalue weighted by atomic mass is 10.2. The van der Waals surface area contributed by atoms with E-state index < -0.39 is 11.6 Å². The standard InChI is InChI=1S/C14H11ClF3NS/c15-10-5-3-4-9(13(10)16)8-19-11-6-1-2-7-12(11)20-14(17)18/h1-7,14,19H,8H2. The number of anilines is 1. The molecule has 1 N–H and O–H groups in total. The maximum Gasteiger partial charge on any atom is 0.288 e. The normalized spacial score (nSPS) is 10.8. The summed E-state index contributed by atoms with van der Waals surface area (Å²) in [6.45, 7) is 0.174. The summed E-state index contributed by atoms with van der Waals surface area (Å²) in [6.07, 6.45) is 0. The monoisotopic (exact) mass is 317 g/mol. The number of para-hydroxylation sites is 1. The summed E-state index contributed by atoms with van der Waals surface area (Å²) < 4.78 is 38.6. The molecule has 0 aromatic heterocycles. The van der Waals surface area contributed by atoms with Gasteiger partial charge < -0.3 is 5.32 Å². The topological polar surface area (TPSA) is 12.0 Å². The third kappa shape index (κ3) is 3.84. The molecule has 0 bridgehead atoms. The molecule has 0 saturated carbocycles. The zero-order valence-corrected chi connectivity index (χ0v) is 11.8. The van der Waals surface area contributed by atoms with Crippen LogP contribution in [0.15, 0.2) is 47.4 Å². The quantitative estimate of drug-likeness (QED) is 0.740. The summed E-state index contributed by atoms with van der Waals surface area (Å²) in [5.41, 5.74) is 0.923. The first kappa shape index (κ1) is 15.1. The molecule has 0 fully saturated rings. The van der Waals surface area contributed by atoms with Crippen molar-refractivity contribution in [2.75, 3.05) is 5.32 Å². The van der Waals surface area contributed by atoms with E-state index in [1.165, 1.54) is 6.07 Å². The summed E-state index contributed by atoms with van der Waals surface area (Å²) in [4.78, 5) is 0.421. The highest BCUT2D eigenvalue weighted by atomic mass is 35.5. The van der Waals surface area contributed by atoms with Crippen molar-refractivity contribution in [3.05, 3.63) is 58.9 Å². The van der Waals surface area contributed by atoms with Gasteiger partial charge in [0.1, 0.15) is 5.82 Å². The van der Waals surface area contributed by atoms with Gasteiger partial charge >= 0.3 is 0 Å². The van der Waals surface area contributed by atoms with E-state index in [2.05, 4.69) is 5.32 Å². The zero-order chi connectivity index (χ0) is 14.5. The fourth-order valence-corrected chi connectivity index (χ4v) is 2.50. The molecule has 6 heteroatoms. The molecule has 1 nitrogen and oxygen atoms in total.